The van der Waals surface area contributed by atoms with Crippen molar-refractivity contribution < 1.29 is 5.11 Å². The summed E-state index contributed by atoms with van der Waals surface area (Å²) in [5.41, 5.74) is 0.409. The van der Waals surface area contributed by atoms with Gasteiger partial charge in [-0.25, -0.2) is 9.97 Å². The minimum Gasteiger partial charge on any atom is -0.388 e. The fourth-order valence-electron chi connectivity index (χ4n) is 3.02. The molecule has 0 unspecified atom stereocenters. The molecule has 1 aliphatic carbocycles. The van der Waals surface area contributed by atoms with E-state index in [4.69, 9.17) is 0 Å². The highest BCUT2D eigenvalue weighted by atomic mass is 16.3. The molecule has 0 bridgehead atoms. The summed E-state index contributed by atoms with van der Waals surface area (Å²) in [5.74, 6) is 2.45. The van der Waals surface area contributed by atoms with E-state index in [1.54, 1.807) is 6.33 Å². The summed E-state index contributed by atoms with van der Waals surface area (Å²) in [7, 11) is 0. The van der Waals surface area contributed by atoms with Crippen LogP contribution in [0.15, 0.2) is 6.33 Å². The van der Waals surface area contributed by atoms with E-state index in [9.17, 15) is 5.11 Å². The van der Waals surface area contributed by atoms with E-state index >= 15 is 0 Å². The molecule has 1 heterocycles. The molecule has 5 nitrogen and oxygen atoms in total. The maximum Gasteiger partial charge on any atom is 0.134 e. The smallest absolute Gasteiger partial charge is 0.134 e. The summed E-state index contributed by atoms with van der Waals surface area (Å²) in [6.07, 6.45) is 6.79. The Morgan fingerprint density at radius 3 is 2.38 bits per heavy atom. The molecule has 0 aromatic carbocycles. The molecule has 0 aliphatic heterocycles. The second kappa shape index (κ2) is 7.07. The highest BCUT2D eigenvalue weighted by Gasteiger charge is 2.32. The molecule has 0 spiro atoms. The van der Waals surface area contributed by atoms with Crippen LogP contribution in [-0.4, -0.2) is 33.8 Å². The lowest BCUT2D eigenvalue weighted by Gasteiger charge is -2.36. The van der Waals surface area contributed by atoms with E-state index in [0.717, 1.165) is 55.3 Å². The molecule has 0 saturated heterocycles. The van der Waals surface area contributed by atoms with Gasteiger partial charge in [-0.3, -0.25) is 0 Å². The molecule has 1 saturated carbocycles. The summed E-state index contributed by atoms with van der Waals surface area (Å²) in [6.45, 7) is 7.67. The van der Waals surface area contributed by atoms with Gasteiger partial charge in [0.15, 0.2) is 0 Å². The number of nitrogens with zero attached hydrogens (tertiary/aromatic N) is 2. The van der Waals surface area contributed by atoms with E-state index < -0.39 is 5.60 Å². The lowest BCUT2D eigenvalue weighted by atomic mass is 9.78. The fourth-order valence-corrected chi connectivity index (χ4v) is 3.02. The van der Waals surface area contributed by atoms with Gasteiger partial charge in [0.2, 0.25) is 0 Å². The van der Waals surface area contributed by atoms with Gasteiger partial charge >= 0.3 is 0 Å². The Kier molecular flexibility index (Phi) is 5.39. The predicted molar refractivity (Wildman–Crippen MR) is 86.6 cm³/mol. The molecule has 1 fully saturated rings. The second-order valence-electron chi connectivity index (χ2n) is 6.16. The maximum atomic E-state index is 10.7. The number of nitrogens with one attached hydrogen (secondary N) is 2. The normalized spacial score (nSPS) is 25.6. The van der Waals surface area contributed by atoms with Crippen LogP contribution in [0.25, 0.3) is 0 Å². The molecule has 2 rings (SSSR count). The number of hydrogen-bond donors (Lipinski definition) is 3. The summed E-state index contributed by atoms with van der Waals surface area (Å²) >= 11 is 0. The Balaban J connectivity index is 1.95. The van der Waals surface area contributed by atoms with E-state index in [0.29, 0.717) is 6.54 Å². The minimum absolute atomic E-state index is 0.562. The molecule has 0 radical (unpaired) electrons. The second-order valence-corrected chi connectivity index (χ2v) is 6.16. The predicted octanol–water partition coefficient (Wildman–Crippen LogP) is 2.96. The van der Waals surface area contributed by atoms with E-state index in [2.05, 4.69) is 27.5 Å². The van der Waals surface area contributed by atoms with E-state index in [1.807, 2.05) is 13.8 Å². The van der Waals surface area contributed by atoms with Crippen LogP contribution in [0, 0.1) is 12.8 Å². The van der Waals surface area contributed by atoms with Crippen molar-refractivity contribution in [3.05, 3.63) is 11.9 Å². The average Bonchev–Trinajstić information content (AvgIpc) is 2.49. The van der Waals surface area contributed by atoms with Gasteiger partial charge in [-0.15, -0.1) is 0 Å². The molecule has 1 aromatic rings. The first-order valence-electron chi connectivity index (χ1n) is 8.09. The lowest BCUT2D eigenvalue weighted by Crippen LogP contribution is -2.40. The summed E-state index contributed by atoms with van der Waals surface area (Å²) < 4.78 is 0. The van der Waals surface area contributed by atoms with Crippen molar-refractivity contribution in [2.45, 2.75) is 58.5 Å². The van der Waals surface area contributed by atoms with Crippen molar-refractivity contribution in [1.29, 1.82) is 0 Å². The zero-order valence-electron chi connectivity index (χ0n) is 13.4. The number of anilines is 2. The van der Waals surface area contributed by atoms with Crippen LogP contribution in [-0.2, 0) is 0 Å². The first-order valence-corrected chi connectivity index (χ1v) is 8.09. The number of rotatable bonds is 6. The molecule has 1 aromatic heterocycles. The molecule has 118 valence electrons. The standard InChI is InChI=1S/C16H28N4O/c1-4-13-6-8-16(21,9-7-13)10-18-15-12(3)14(17-5-2)19-11-20-15/h11,13,21H,4-10H2,1-3H3,(H2,17,18,19,20). The molecule has 0 atom stereocenters. The number of aromatic nitrogens is 2. The van der Waals surface area contributed by atoms with Crippen molar-refractivity contribution in [3.8, 4) is 0 Å². The van der Waals surface area contributed by atoms with Crippen LogP contribution in [0.4, 0.5) is 11.6 Å². The monoisotopic (exact) mass is 292 g/mol. The van der Waals surface area contributed by atoms with Gasteiger partial charge in [-0.05, 0) is 45.4 Å². The van der Waals surface area contributed by atoms with Crippen LogP contribution in [0.2, 0.25) is 0 Å². The Morgan fingerprint density at radius 1 is 1.19 bits per heavy atom. The fraction of sp³-hybridized carbons (Fsp3) is 0.750. The minimum atomic E-state index is -0.596. The van der Waals surface area contributed by atoms with Crippen molar-refractivity contribution in [2.24, 2.45) is 5.92 Å². The van der Waals surface area contributed by atoms with Crippen LogP contribution < -0.4 is 10.6 Å². The molecule has 1 aliphatic rings. The van der Waals surface area contributed by atoms with Gasteiger partial charge in [0.05, 0.1) is 5.60 Å². The number of aliphatic hydroxyl groups is 1. The van der Waals surface area contributed by atoms with E-state index in [-0.39, 0.29) is 0 Å². The Hall–Kier alpha value is -1.36. The SMILES string of the molecule is CCNc1ncnc(NCC2(O)CCC(CC)CC2)c1C. The van der Waals surface area contributed by atoms with Crippen LogP contribution in [0.5, 0.6) is 0 Å². The van der Waals surface area contributed by atoms with Gasteiger partial charge in [-0.2, -0.15) is 0 Å². The zero-order valence-corrected chi connectivity index (χ0v) is 13.4. The maximum absolute atomic E-state index is 10.7. The highest BCUT2D eigenvalue weighted by Crippen LogP contribution is 2.34. The summed E-state index contributed by atoms with van der Waals surface area (Å²) in [4.78, 5) is 8.53. The Morgan fingerprint density at radius 2 is 1.81 bits per heavy atom. The van der Waals surface area contributed by atoms with Crippen molar-refractivity contribution in [3.63, 3.8) is 0 Å². The molecule has 0 amide bonds. The van der Waals surface area contributed by atoms with Gasteiger partial charge in [0.25, 0.3) is 0 Å². The van der Waals surface area contributed by atoms with Gasteiger partial charge in [0, 0.05) is 18.7 Å². The van der Waals surface area contributed by atoms with Crippen LogP contribution in [0.1, 0.15) is 51.5 Å². The van der Waals surface area contributed by atoms with Crippen LogP contribution >= 0.6 is 0 Å². The summed E-state index contributed by atoms with van der Waals surface area (Å²) in [5, 5.41) is 17.2. The molecule has 5 heteroatoms. The molecular formula is C16H28N4O. The third-order valence-corrected chi connectivity index (χ3v) is 4.63. The first kappa shape index (κ1) is 16.0. The third kappa shape index (κ3) is 4.06. The number of hydrogen-bond acceptors (Lipinski definition) is 5. The average molecular weight is 292 g/mol. The van der Waals surface area contributed by atoms with Gasteiger partial charge in [-0.1, -0.05) is 13.3 Å². The summed E-state index contributed by atoms with van der Waals surface area (Å²) in [6, 6.07) is 0. The molecular weight excluding hydrogens is 264 g/mol. The van der Waals surface area contributed by atoms with Crippen LogP contribution in [0.3, 0.4) is 0 Å². The lowest BCUT2D eigenvalue weighted by molar-refractivity contribution is 0.00222. The topological polar surface area (TPSA) is 70.1 Å². The van der Waals surface area contributed by atoms with Gasteiger partial charge < -0.3 is 15.7 Å². The highest BCUT2D eigenvalue weighted by molar-refractivity contribution is 5.56. The Bertz CT molecular complexity index is 456. The first-order chi connectivity index (χ1) is 10.1. The Labute approximate surface area is 127 Å². The zero-order chi connectivity index (χ0) is 15.3. The largest absolute Gasteiger partial charge is 0.388 e. The van der Waals surface area contributed by atoms with Crippen molar-refractivity contribution >= 4 is 11.6 Å². The van der Waals surface area contributed by atoms with E-state index in [1.165, 1.54) is 6.42 Å². The van der Waals surface area contributed by atoms with Gasteiger partial charge in [0.1, 0.15) is 18.0 Å². The molecule has 3 N–H and O–H groups in total. The van der Waals surface area contributed by atoms with Crippen molar-refractivity contribution in [1.82, 2.24) is 9.97 Å². The molecule has 21 heavy (non-hydrogen) atoms. The third-order valence-electron chi connectivity index (χ3n) is 4.63. The van der Waals surface area contributed by atoms with Crippen molar-refractivity contribution in [2.75, 3.05) is 23.7 Å². The quantitative estimate of drug-likeness (QED) is 0.752.